The van der Waals surface area contributed by atoms with Gasteiger partial charge in [-0.1, -0.05) is 32.9 Å². The molecule has 1 rings (SSSR count). The Bertz CT molecular complexity index is 246. The van der Waals surface area contributed by atoms with E-state index in [9.17, 15) is 0 Å². The fourth-order valence-corrected chi connectivity index (χ4v) is 4.22. The smallest absolute Gasteiger partial charge is 0.250 e. The van der Waals surface area contributed by atoms with Crippen LogP contribution in [-0.4, -0.2) is 8.32 Å². The van der Waals surface area contributed by atoms with E-state index in [4.69, 9.17) is 4.43 Å². The largest absolute Gasteiger partial charge is 0.543 e. The van der Waals surface area contributed by atoms with Crippen molar-refractivity contribution < 1.29 is 4.43 Å². The molecule has 1 aromatic rings. The Labute approximate surface area is 88.2 Å². The van der Waals surface area contributed by atoms with Gasteiger partial charge in [0.15, 0.2) is 0 Å². The summed E-state index contributed by atoms with van der Waals surface area (Å²) in [7, 11) is -1.48. The van der Waals surface area contributed by atoms with Crippen molar-refractivity contribution in [3.8, 4) is 5.75 Å². The van der Waals surface area contributed by atoms with Crippen molar-refractivity contribution in [3.05, 3.63) is 30.3 Å². The van der Waals surface area contributed by atoms with Crippen LogP contribution >= 0.6 is 0 Å². The third-order valence-electron chi connectivity index (χ3n) is 2.95. The molecular formula is C12H19OSi. The number of hydrogen-bond donors (Lipinski definition) is 0. The summed E-state index contributed by atoms with van der Waals surface area (Å²) in [5.41, 5.74) is 0. The lowest BCUT2D eigenvalue weighted by molar-refractivity contribution is 0.532. The van der Waals surface area contributed by atoms with Crippen LogP contribution in [0.3, 0.4) is 0 Å². The van der Waals surface area contributed by atoms with Crippen molar-refractivity contribution >= 4 is 8.32 Å². The first kappa shape index (κ1) is 11.3. The standard InChI is InChI=1S/C12H19OSi/c1-4-14(5-2,6-3)13-12-10-8-7-9-11-12/h7-8,10-11H,4-6H2,1-3H3. The predicted octanol–water partition coefficient (Wildman–Crippen LogP) is 3.87. The van der Waals surface area contributed by atoms with Crippen LogP contribution in [0.15, 0.2) is 24.3 Å². The summed E-state index contributed by atoms with van der Waals surface area (Å²) in [6, 6.07) is 14.5. The van der Waals surface area contributed by atoms with E-state index in [0.29, 0.717) is 0 Å². The fourth-order valence-electron chi connectivity index (χ4n) is 1.66. The molecule has 0 saturated carbocycles. The van der Waals surface area contributed by atoms with Crippen LogP contribution in [-0.2, 0) is 0 Å². The first-order chi connectivity index (χ1) is 6.76. The quantitative estimate of drug-likeness (QED) is 0.666. The minimum absolute atomic E-state index is 0.990. The Morgan fingerprint density at radius 1 is 1.21 bits per heavy atom. The second-order valence-electron chi connectivity index (χ2n) is 3.58. The topological polar surface area (TPSA) is 9.23 Å². The molecule has 0 amide bonds. The van der Waals surface area contributed by atoms with Gasteiger partial charge in [-0.05, 0) is 36.3 Å². The molecule has 2 heteroatoms. The van der Waals surface area contributed by atoms with Gasteiger partial charge < -0.3 is 4.43 Å². The maximum absolute atomic E-state index is 6.16. The Kier molecular flexibility index (Phi) is 4.20. The normalized spacial score (nSPS) is 11.4. The molecule has 14 heavy (non-hydrogen) atoms. The van der Waals surface area contributed by atoms with Crippen LogP contribution in [0.4, 0.5) is 0 Å². The van der Waals surface area contributed by atoms with Crippen LogP contribution in [0.5, 0.6) is 5.75 Å². The molecule has 0 heterocycles. The van der Waals surface area contributed by atoms with E-state index in [0.717, 1.165) is 5.75 Å². The van der Waals surface area contributed by atoms with Crippen LogP contribution in [0.25, 0.3) is 0 Å². The highest BCUT2D eigenvalue weighted by molar-refractivity contribution is 6.74. The summed E-state index contributed by atoms with van der Waals surface area (Å²) in [6.45, 7) is 6.73. The van der Waals surface area contributed by atoms with Gasteiger partial charge in [-0.15, -0.1) is 0 Å². The van der Waals surface area contributed by atoms with Gasteiger partial charge in [0.1, 0.15) is 5.75 Å². The molecule has 1 radical (unpaired) electrons. The fraction of sp³-hybridized carbons (Fsp3) is 0.500. The monoisotopic (exact) mass is 207 g/mol. The van der Waals surface area contributed by atoms with Gasteiger partial charge in [0.05, 0.1) is 0 Å². The molecule has 1 aromatic carbocycles. The van der Waals surface area contributed by atoms with E-state index in [1.807, 2.05) is 24.3 Å². The van der Waals surface area contributed by atoms with Crippen molar-refractivity contribution in [1.82, 2.24) is 0 Å². The highest BCUT2D eigenvalue weighted by Crippen LogP contribution is 2.24. The lowest BCUT2D eigenvalue weighted by Crippen LogP contribution is -2.39. The van der Waals surface area contributed by atoms with E-state index in [2.05, 4.69) is 26.8 Å². The molecule has 0 aliphatic heterocycles. The average molecular weight is 207 g/mol. The Balaban J connectivity index is 2.74. The zero-order chi connectivity index (χ0) is 10.4. The van der Waals surface area contributed by atoms with Gasteiger partial charge in [0.25, 0.3) is 0 Å². The summed E-state index contributed by atoms with van der Waals surface area (Å²) >= 11 is 0. The van der Waals surface area contributed by atoms with E-state index in [1.54, 1.807) is 0 Å². The Morgan fingerprint density at radius 3 is 2.29 bits per heavy atom. The Hall–Kier alpha value is -0.763. The van der Waals surface area contributed by atoms with Crippen LogP contribution in [0, 0.1) is 6.07 Å². The molecule has 0 atom stereocenters. The van der Waals surface area contributed by atoms with Gasteiger partial charge in [-0.2, -0.15) is 0 Å². The van der Waals surface area contributed by atoms with E-state index < -0.39 is 8.32 Å². The van der Waals surface area contributed by atoms with Crippen molar-refractivity contribution in [2.24, 2.45) is 0 Å². The molecular weight excluding hydrogens is 188 g/mol. The third kappa shape index (κ3) is 2.61. The number of hydrogen-bond acceptors (Lipinski definition) is 1. The minimum Gasteiger partial charge on any atom is -0.543 e. The summed E-state index contributed by atoms with van der Waals surface area (Å²) in [5, 5.41) is 0. The number of benzene rings is 1. The highest BCUT2D eigenvalue weighted by atomic mass is 28.4. The molecule has 0 aromatic heterocycles. The molecule has 0 fully saturated rings. The molecule has 0 aliphatic carbocycles. The van der Waals surface area contributed by atoms with Crippen molar-refractivity contribution in [1.29, 1.82) is 0 Å². The summed E-state index contributed by atoms with van der Waals surface area (Å²) in [4.78, 5) is 0. The molecule has 1 nitrogen and oxygen atoms in total. The molecule has 77 valence electrons. The van der Waals surface area contributed by atoms with Crippen LogP contribution in [0.1, 0.15) is 20.8 Å². The van der Waals surface area contributed by atoms with Crippen molar-refractivity contribution in [3.63, 3.8) is 0 Å². The van der Waals surface area contributed by atoms with E-state index in [-0.39, 0.29) is 0 Å². The van der Waals surface area contributed by atoms with Gasteiger partial charge in [-0.3, -0.25) is 0 Å². The molecule has 0 aliphatic rings. The first-order valence-electron chi connectivity index (χ1n) is 5.41. The van der Waals surface area contributed by atoms with Crippen molar-refractivity contribution in [2.75, 3.05) is 0 Å². The zero-order valence-electron chi connectivity index (χ0n) is 9.34. The highest BCUT2D eigenvalue weighted by Gasteiger charge is 2.30. The lowest BCUT2D eigenvalue weighted by Gasteiger charge is -2.28. The predicted molar refractivity (Wildman–Crippen MR) is 63.1 cm³/mol. The summed E-state index contributed by atoms with van der Waals surface area (Å²) < 4.78 is 6.16. The molecule has 0 bridgehead atoms. The first-order valence-corrected chi connectivity index (χ1v) is 7.94. The summed E-state index contributed by atoms with van der Waals surface area (Å²) in [6.07, 6.45) is 0. The van der Waals surface area contributed by atoms with Gasteiger partial charge in [0.2, 0.25) is 8.32 Å². The SMILES string of the molecule is CC[Si](CC)(CC)Oc1c[c]ccc1. The van der Waals surface area contributed by atoms with E-state index in [1.165, 1.54) is 18.1 Å². The van der Waals surface area contributed by atoms with Gasteiger partial charge >= 0.3 is 0 Å². The van der Waals surface area contributed by atoms with Crippen LogP contribution < -0.4 is 4.43 Å². The second kappa shape index (κ2) is 5.20. The van der Waals surface area contributed by atoms with E-state index >= 15 is 0 Å². The maximum Gasteiger partial charge on any atom is 0.250 e. The maximum atomic E-state index is 6.16. The lowest BCUT2D eigenvalue weighted by atomic mass is 10.3. The van der Waals surface area contributed by atoms with Gasteiger partial charge in [-0.25, -0.2) is 0 Å². The average Bonchev–Trinajstić information content (AvgIpc) is 2.28. The third-order valence-corrected chi connectivity index (χ3v) is 7.48. The van der Waals surface area contributed by atoms with Gasteiger partial charge in [0, 0.05) is 0 Å². The van der Waals surface area contributed by atoms with Crippen LogP contribution in [0.2, 0.25) is 18.1 Å². The minimum atomic E-state index is -1.48. The number of rotatable bonds is 5. The molecule has 0 saturated heterocycles. The Morgan fingerprint density at radius 2 is 1.86 bits per heavy atom. The molecule has 0 spiro atoms. The molecule has 0 unspecified atom stereocenters. The van der Waals surface area contributed by atoms with Crippen molar-refractivity contribution in [2.45, 2.75) is 38.9 Å². The molecule has 0 N–H and O–H groups in total. The zero-order valence-corrected chi connectivity index (χ0v) is 10.3. The second-order valence-corrected chi connectivity index (χ2v) is 8.28. The summed E-state index contributed by atoms with van der Waals surface area (Å²) in [5.74, 6) is 0.990.